The first-order chi connectivity index (χ1) is 6.83. The molecule has 0 radical (unpaired) electrons. The van der Waals surface area contributed by atoms with Crippen LogP contribution >= 0.6 is 0 Å². The van der Waals surface area contributed by atoms with E-state index in [9.17, 15) is 0 Å². The molecule has 2 rings (SSSR count). The Labute approximate surface area is 91.9 Å². The maximum atomic E-state index is 5.95. The van der Waals surface area contributed by atoms with Crippen LogP contribution in [0.2, 0.25) is 0 Å². The van der Waals surface area contributed by atoms with Gasteiger partial charge < -0.3 is 14.0 Å². The van der Waals surface area contributed by atoms with Crippen molar-refractivity contribution in [1.29, 1.82) is 0 Å². The summed E-state index contributed by atoms with van der Waals surface area (Å²) in [6.45, 7) is 11.0. The summed E-state index contributed by atoms with van der Waals surface area (Å²) in [7, 11) is -0.243. The lowest BCUT2D eigenvalue weighted by Gasteiger charge is -2.32. The van der Waals surface area contributed by atoms with Crippen LogP contribution < -0.4 is 0 Å². The summed E-state index contributed by atoms with van der Waals surface area (Å²) in [4.78, 5) is 0. The van der Waals surface area contributed by atoms with E-state index in [1.54, 1.807) is 0 Å². The van der Waals surface area contributed by atoms with Crippen molar-refractivity contribution in [2.24, 2.45) is 0 Å². The van der Waals surface area contributed by atoms with Gasteiger partial charge in [-0.2, -0.15) is 0 Å². The van der Waals surface area contributed by atoms with Crippen molar-refractivity contribution >= 4 is 7.12 Å². The Hall–Kier alpha value is -0.315. The van der Waals surface area contributed by atoms with E-state index in [2.05, 4.69) is 33.8 Å². The first-order valence-electron chi connectivity index (χ1n) is 5.51. The Morgan fingerprint density at radius 1 is 1.20 bits per heavy atom. The molecule has 0 N–H and O–H groups in total. The van der Waals surface area contributed by atoms with Gasteiger partial charge in [-0.3, -0.25) is 0 Å². The molecule has 1 unspecified atom stereocenters. The number of ether oxygens (including phenoxy) is 1. The van der Waals surface area contributed by atoms with Gasteiger partial charge in [0.15, 0.2) is 0 Å². The van der Waals surface area contributed by atoms with E-state index in [0.29, 0.717) is 6.61 Å². The second-order valence-corrected chi connectivity index (χ2v) is 5.27. The summed E-state index contributed by atoms with van der Waals surface area (Å²) in [6, 6.07) is 0. The second kappa shape index (κ2) is 3.34. The molecule has 3 nitrogen and oxygen atoms in total. The first-order valence-corrected chi connectivity index (χ1v) is 5.51. The zero-order valence-electron chi connectivity index (χ0n) is 10.2. The lowest BCUT2D eigenvalue weighted by molar-refractivity contribution is 0.00578. The van der Waals surface area contributed by atoms with Crippen molar-refractivity contribution in [2.45, 2.75) is 51.9 Å². The third-order valence-corrected chi connectivity index (χ3v) is 3.66. The van der Waals surface area contributed by atoms with E-state index < -0.39 is 0 Å². The fraction of sp³-hybridized carbons (Fsp3) is 0.818. The third-order valence-electron chi connectivity index (χ3n) is 3.66. The fourth-order valence-corrected chi connectivity index (χ4v) is 1.82. The van der Waals surface area contributed by atoms with Crippen molar-refractivity contribution in [3.8, 4) is 0 Å². The van der Waals surface area contributed by atoms with Crippen LogP contribution in [-0.2, 0) is 14.0 Å². The second-order valence-electron chi connectivity index (χ2n) is 5.27. The Kier molecular flexibility index (Phi) is 2.49. The molecule has 0 aromatic carbocycles. The van der Waals surface area contributed by atoms with Gasteiger partial charge in [0.1, 0.15) is 0 Å². The average molecular weight is 210 g/mol. The molecule has 84 valence electrons. The smallest absolute Gasteiger partial charge is 0.400 e. The molecule has 0 saturated carbocycles. The predicted octanol–water partition coefficient (Wildman–Crippen LogP) is 1.96. The van der Waals surface area contributed by atoms with Crippen molar-refractivity contribution in [3.63, 3.8) is 0 Å². The predicted molar refractivity (Wildman–Crippen MR) is 59.6 cm³/mol. The van der Waals surface area contributed by atoms with Crippen LogP contribution in [0.1, 0.15) is 34.6 Å². The molecular formula is C11H19BO3. The van der Waals surface area contributed by atoms with Crippen LogP contribution in [0.5, 0.6) is 0 Å². The van der Waals surface area contributed by atoms with Crippen molar-refractivity contribution < 1.29 is 14.0 Å². The molecule has 0 amide bonds. The lowest BCUT2D eigenvalue weighted by Crippen LogP contribution is -2.41. The summed E-state index contributed by atoms with van der Waals surface area (Å²) in [5.41, 5.74) is 0.593. The van der Waals surface area contributed by atoms with Crippen LogP contribution in [0.15, 0.2) is 11.5 Å². The van der Waals surface area contributed by atoms with E-state index >= 15 is 0 Å². The van der Waals surface area contributed by atoms with E-state index in [1.807, 2.05) is 6.92 Å². The Morgan fingerprint density at radius 3 is 2.13 bits per heavy atom. The summed E-state index contributed by atoms with van der Waals surface area (Å²) < 4.78 is 17.4. The molecule has 1 saturated heterocycles. The quantitative estimate of drug-likeness (QED) is 0.619. The van der Waals surface area contributed by atoms with Crippen LogP contribution in [0.4, 0.5) is 0 Å². The summed E-state index contributed by atoms with van der Waals surface area (Å²) in [5.74, 6) is 0. The van der Waals surface area contributed by atoms with E-state index in [-0.39, 0.29) is 24.4 Å². The Bertz CT molecular complexity index is 280. The normalized spacial score (nSPS) is 33.3. The largest absolute Gasteiger partial charge is 0.492 e. The van der Waals surface area contributed by atoms with Gasteiger partial charge in [0, 0.05) is 0 Å². The average Bonchev–Trinajstić information content (AvgIpc) is 2.55. The minimum absolute atomic E-state index is 0.111. The highest BCUT2D eigenvalue weighted by molar-refractivity contribution is 6.55. The molecule has 0 bridgehead atoms. The molecule has 1 fully saturated rings. The molecule has 4 heteroatoms. The van der Waals surface area contributed by atoms with Crippen LogP contribution in [0.25, 0.3) is 0 Å². The highest BCUT2D eigenvalue weighted by Crippen LogP contribution is 2.39. The lowest BCUT2D eigenvalue weighted by atomic mass is 9.76. The highest BCUT2D eigenvalue weighted by atomic mass is 16.7. The third kappa shape index (κ3) is 1.75. The molecular weight excluding hydrogens is 191 g/mol. The molecule has 2 heterocycles. The number of hydrogen-bond acceptors (Lipinski definition) is 3. The van der Waals surface area contributed by atoms with Crippen molar-refractivity contribution in [3.05, 3.63) is 11.5 Å². The van der Waals surface area contributed by atoms with Crippen LogP contribution in [-0.4, -0.2) is 31.0 Å². The van der Waals surface area contributed by atoms with Crippen molar-refractivity contribution in [2.75, 3.05) is 6.61 Å². The summed E-state index contributed by atoms with van der Waals surface area (Å²) in [6.07, 6.45) is 2.17. The van der Waals surface area contributed by atoms with Gasteiger partial charge in [-0.25, -0.2) is 0 Å². The zero-order chi connectivity index (χ0) is 11.3. The molecule has 0 aliphatic carbocycles. The maximum absolute atomic E-state index is 5.95. The van der Waals surface area contributed by atoms with Gasteiger partial charge in [-0.05, 0) is 40.1 Å². The van der Waals surface area contributed by atoms with Crippen LogP contribution in [0, 0.1) is 0 Å². The molecule has 0 spiro atoms. The topological polar surface area (TPSA) is 27.7 Å². The summed E-state index contributed by atoms with van der Waals surface area (Å²) in [5, 5.41) is 0. The van der Waals surface area contributed by atoms with E-state index in [4.69, 9.17) is 14.0 Å². The summed E-state index contributed by atoms with van der Waals surface area (Å²) >= 11 is 0. The molecule has 0 aromatic heterocycles. The SMILES string of the molecule is CC1OCC=C1B1OC(C)(C)C(C)(C)O1. The molecule has 1 atom stereocenters. The fourth-order valence-electron chi connectivity index (χ4n) is 1.82. The van der Waals surface area contributed by atoms with Gasteiger partial charge >= 0.3 is 7.12 Å². The molecule has 2 aliphatic heterocycles. The highest BCUT2D eigenvalue weighted by Gasteiger charge is 2.53. The standard InChI is InChI=1S/C11H19BO3/c1-8-9(6-7-13-8)12-14-10(2,3)11(4,5)15-12/h6,8H,7H2,1-5H3. The van der Waals surface area contributed by atoms with E-state index in [1.165, 1.54) is 0 Å². The minimum Gasteiger partial charge on any atom is -0.400 e. The van der Waals surface area contributed by atoms with Crippen molar-refractivity contribution in [1.82, 2.24) is 0 Å². The first kappa shape index (κ1) is 11.2. The van der Waals surface area contributed by atoms with Crippen LogP contribution in [0.3, 0.4) is 0 Å². The monoisotopic (exact) mass is 210 g/mol. The minimum atomic E-state index is -0.263. The molecule has 2 aliphatic rings. The van der Waals surface area contributed by atoms with E-state index in [0.717, 1.165) is 5.47 Å². The molecule has 0 aromatic rings. The van der Waals surface area contributed by atoms with Gasteiger partial charge in [-0.15, -0.1) is 0 Å². The zero-order valence-corrected chi connectivity index (χ0v) is 10.2. The van der Waals surface area contributed by atoms with Gasteiger partial charge in [-0.1, -0.05) is 6.08 Å². The number of rotatable bonds is 1. The van der Waals surface area contributed by atoms with Gasteiger partial charge in [0.25, 0.3) is 0 Å². The molecule has 15 heavy (non-hydrogen) atoms. The van der Waals surface area contributed by atoms with Gasteiger partial charge in [0.05, 0.1) is 23.9 Å². The Morgan fingerprint density at radius 2 is 1.73 bits per heavy atom. The number of hydrogen-bond donors (Lipinski definition) is 0. The Balaban J connectivity index is 2.16. The van der Waals surface area contributed by atoms with Gasteiger partial charge in [0.2, 0.25) is 0 Å². The maximum Gasteiger partial charge on any atom is 0.492 e.